The summed E-state index contributed by atoms with van der Waals surface area (Å²) in [4.78, 5) is 10.7. The summed E-state index contributed by atoms with van der Waals surface area (Å²) in [5.74, 6) is -0.826. The molecule has 2 N–H and O–H groups in total. The summed E-state index contributed by atoms with van der Waals surface area (Å²) in [6.45, 7) is 5.51. The molecule has 0 bridgehead atoms. The largest absolute Gasteiger partial charge is 0.481 e. The predicted molar refractivity (Wildman–Crippen MR) is 81.7 cm³/mol. The molecule has 118 valence electrons. The molecule has 0 heterocycles. The van der Waals surface area contributed by atoms with Crippen molar-refractivity contribution in [3.8, 4) is 0 Å². The third-order valence-corrected chi connectivity index (χ3v) is 4.90. The number of carboxylic acids is 1. The number of nitrogens with one attached hydrogen (secondary N) is 1. The Morgan fingerprint density at radius 2 is 1.76 bits per heavy atom. The first kappa shape index (κ1) is 17.7. The molecule has 0 aliphatic carbocycles. The molecule has 21 heavy (non-hydrogen) atoms. The van der Waals surface area contributed by atoms with Crippen molar-refractivity contribution < 1.29 is 18.3 Å². The molecule has 0 spiro atoms. The third kappa shape index (κ3) is 6.27. The first-order valence-corrected chi connectivity index (χ1v) is 8.43. The van der Waals surface area contributed by atoms with Gasteiger partial charge in [0.2, 0.25) is 10.0 Å². The van der Waals surface area contributed by atoms with Crippen molar-refractivity contribution in [2.45, 2.75) is 56.9 Å². The van der Waals surface area contributed by atoms with Gasteiger partial charge in [0.25, 0.3) is 0 Å². The zero-order valence-corrected chi connectivity index (χ0v) is 13.5. The number of aliphatic carboxylic acids is 1. The number of rotatable bonds is 8. The van der Waals surface area contributed by atoms with E-state index in [9.17, 15) is 13.2 Å². The molecule has 0 radical (unpaired) electrons. The van der Waals surface area contributed by atoms with E-state index < -0.39 is 21.5 Å². The van der Waals surface area contributed by atoms with E-state index in [4.69, 9.17) is 5.11 Å². The highest BCUT2D eigenvalue weighted by Gasteiger charge is 2.25. The number of benzene rings is 1. The second kappa shape index (κ2) is 7.04. The minimum absolute atomic E-state index is 0.112. The molecule has 0 amide bonds. The summed E-state index contributed by atoms with van der Waals surface area (Å²) in [6.07, 6.45) is 1.91. The van der Waals surface area contributed by atoms with Gasteiger partial charge in [0.1, 0.15) is 0 Å². The fourth-order valence-corrected chi connectivity index (χ4v) is 3.48. The van der Waals surface area contributed by atoms with Crippen molar-refractivity contribution in [3.05, 3.63) is 29.8 Å². The average Bonchev–Trinajstić information content (AvgIpc) is 2.34. The monoisotopic (exact) mass is 313 g/mol. The lowest BCUT2D eigenvalue weighted by Gasteiger charge is -2.26. The Balaban J connectivity index is 2.64. The van der Waals surface area contributed by atoms with Gasteiger partial charge < -0.3 is 5.11 Å². The van der Waals surface area contributed by atoms with Gasteiger partial charge in [-0.1, -0.05) is 24.1 Å². The SMILES string of the molecule is Cc1ccc(S(=O)(=O)NC(C)(C)CCCCC(=O)O)cc1. The fourth-order valence-electron chi connectivity index (χ4n) is 2.03. The molecule has 1 rings (SSSR count). The van der Waals surface area contributed by atoms with E-state index in [0.717, 1.165) is 5.56 Å². The molecule has 1 aromatic carbocycles. The van der Waals surface area contributed by atoms with Crippen molar-refractivity contribution in [1.82, 2.24) is 4.72 Å². The van der Waals surface area contributed by atoms with Crippen LogP contribution in [0.3, 0.4) is 0 Å². The van der Waals surface area contributed by atoms with Gasteiger partial charge in [0.15, 0.2) is 0 Å². The van der Waals surface area contributed by atoms with Gasteiger partial charge in [-0.2, -0.15) is 0 Å². The van der Waals surface area contributed by atoms with Crippen molar-refractivity contribution in [2.24, 2.45) is 0 Å². The lowest BCUT2D eigenvalue weighted by molar-refractivity contribution is -0.137. The van der Waals surface area contributed by atoms with Gasteiger partial charge in [-0.25, -0.2) is 13.1 Å². The van der Waals surface area contributed by atoms with E-state index in [-0.39, 0.29) is 11.3 Å². The number of aryl methyl sites for hydroxylation is 1. The molecule has 0 atom stereocenters. The number of hydrogen-bond acceptors (Lipinski definition) is 3. The van der Waals surface area contributed by atoms with Crippen molar-refractivity contribution in [1.29, 1.82) is 0 Å². The number of sulfonamides is 1. The molecule has 1 aromatic rings. The van der Waals surface area contributed by atoms with E-state index in [1.807, 2.05) is 6.92 Å². The third-order valence-electron chi connectivity index (χ3n) is 3.18. The predicted octanol–water partition coefficient (Wildman–Crippen LogP) is 2.70. The molecular weight excluding hydrogens is 290 g/mol. The van der Waals surface area contributed by atoms with Crippen LogP contribution in [0, 0.1) is 6.92 Å². The second-order valence-corrected chi connectivity index (χ2v) is 7.59. The maximum Gasteiger partial charge on any atom is 0.303 e. The van der Waals surface area contributed by atoms with Crippen LogP contribution >= 0.6 is 0 Å². The summed E-state index contributed by atoms with van der Waals surface area (Å²) in [6, 6.07) is 6.68. The highest BCUT2D eigenvalue weighted by molar-refractivity contribution is 7.89. The first-order chi connectivity index (χ1) is 9.62. The van der Waals surface area contributed by atoms with E-state index >= 15 is 0 Å². The Hall–Kier alpha value is -1.40. The number of unbranched alkanes of at least 4 members (excludes halogenated alkanes) is 1. The molecule has 5 nitrogen and oxygen atoms in total. The standard InChI is InChI=1S/C15H23NO4S/c1-12-7-9-13(10-8-12)21(19,20)16-15(2,3)11-5-4-6-14(17)18/h7-10,16H,4-6,11H2,1-3H3,(H,17,18). The van der Waals surface area contributed by atoms with Gasteiger partial charge in [0.05, 0.1) is 4.90 Å². The van der Waals surface area contributed by atoms with Crippen LogP contribution in [-0.2, 0) is 14.8 Å². The summed E-state index contributed by atoms with van der Waals surface area (Å²) in [5.41, 5.74) is 0.393. The number of carbonyl (C=O) groups is 1. The zero-order chi connectivity index (χ0) is 16.1. The Labute approximate surface area is 126 Å². The summed E-state index contributed by atoms with van der Waals surface area (Å²) < 4.78 is 27.3. The Morgan fingerprint density at radius 1 is 1.19 bits per heavy atom. The quantitative estimate of drug-likeness (QED) is 0.723. The number of hydrogen-bond donors (Lipinski definition) is 2. The number of carboxylic acid groups (broad SMARTS) is 1. The van der Waals surface area contributed by atoms with Crippen LogP contribution in [0.1, 0.15) is 45.1 Å². The molecule has 0 aliphatic heterocycles. The van der Waals surface area contributed by atoms with E-state index in [0.29, 0.717) is 19.3 Å². The Bertz CT molecular complexity index is 576. The van der Waals surface area contributed by atoms with Crippen molar-refractivity contribution in [2.75, 3.05) is 0 Å². The van der Waals surface area contributed by atoms with Crippen LogP contribution < -0.4 is 4.72 Å². The van der Waals surface area contributed by atoms with Crippen LogP contribution in [0.15, 0.2) is 29.2 Å². The van der Waals surface area contributed by atoms with Crippen LogP contribution in [0.2, 0.25) is 0 Å². The lowest BCUT2D eigenvalue weighted by Crippen LogP contribution is -2.43. The second-order valence-electron chi connectivity index (χ2n) is 5.90. The molecule has 0 aromatic heterocycles. The maximum absolute atomic E-state index is 12.3. The molecule has 0 saturated carbocycles. The molecule has 0 unspecified atom stereocenters. The minimum atomic E-state index is -3.55. The topological polar surface area (TPSA) is 83.5 Å². The van der Waals surface area contributed by atoms with Gasteiger partial charge in [0, 0.05) is 12.0 Å². The lowest BCUT2D eigenvalue weighted by atomic mass is 9.98. The molecule has 6 heteroatoms. The van der Waals surface area contributed by atoms with Crippen molar-refractivity contribution in [3.63, 3.8) is 0 Å². The van der Waals surface area contributed by atoms with Crippen LogP contribution in [0.4, 0.5) is 0 Å². The zero-order valence-electron chi connectivity index (χ0n) is 12.7. The van der Waals surface area contributed by atoms with E-state index in [2.05, 4.69) is 4.72 Å². The molecule has 0 saturated heterocycles. The molecule has 0 fully saturated rings. The summed E-state index contributed by atoms with van der Waals surface area (Å²) >= 11 is 0. The van der Waals surface area contributed by atoms with Crippen LogP contribution in [0.5, 0.6) is 0 Å². The highest BCUT2D eigenvalue weighted by atomic mass is 32.2. The average molecular weight is 313 g/mol. The van der Waals surface area contributed by atoms with E-state index in [1.54, 1.807) is 38.1 Å². The Morgan fingerprint density at radius 3 is 2.29 bits per heavy atom. The summed E-state index contributed by atoms with van der Waals surface area (Å²) in [5, 5.41) is 8.59. The maximum atomic E-state index is 12.3. The first-order valence-electron chi connectivity index (χ1n) is 6.95. The molecule has 0 aliphatic rings. The Kier molecular flexibility index (Phi) is 5.92. The highest BCUT2D eigenvalue weighted by Crippen LogP contribution is 2.19. The van der Waals surface area contributed by atoms with Crippen LogP contribution in [-0.4, -0.2) is 25.0 Å². The molecular formula is C15H23NO4S. The van der Waals surface area contributed by atoms with E-state index in [1.165, 1.54) is 0 Å². The smallest absolute Gasteiger partial charge is 0.303 e. The van der Waals surface area contributed by atoms with Crippen molar-refractivity contribution >= 4 is 16.0 Å². The normalized spacial score (nSPS) is 12.3. The minimum Gasteiger partial charge on any atom is -0.481 e. The fraction of sp³-hybridized carbons (Fsp3) is 0.533. The van der Waals surface area contributed by atoms with Crippen LogP contribution in [0.25, 0.3) is 0 Å². The van der Waals surface area contributed by atoms with Gasteiger partial charge in [-0.3, -0.25) is 4.79 Å². The van der Waals surface area contributed by atoms with Gasteiger partial charge in [-0.15, -0.1) is 0 Å². The van der Waals surface area contributed by atoms with Gasteiger partial charge >= 0.3 is 5.97 Å². The summed E-state index contributed by atoms with van der Waals surface area (Å²) in [7, 11) is -3.55. The van der Waals surface area contributed by atoms with Gasteiger partial charge in [-0.05, 0) is 45.7 Å².